The van der Waals surface area contributed by atoms with Gasteiger partial charge in [0.2, 0.25) is 5.89 Å². The normalized spacial score (nSPS) is 10.9. The third kappa shape index (κ3) is 3.62. The number of hydrogen-bond acceptors (Lipinski definition) is 4. The minimum atomic E-state index is -0.372. The summed E-state index contributed by atoms with van der Waals surface area (Å²) in [5, 5.41) is 3.14. The molecule has 0 aliphatic rings. The van der Waals surface area contributed by atoms with Crippen LogP contribution in [0.4, 0.5) is 4.39 Å². The summed E-state index contributed by atoms with van der Waals surface area (Å²) in [5.41, 5.74) is 1.07. The fourth-order valence-electron chi connectivity index (χ4n) is 1.57. The SMILES string of the molecule is COCCNCc1coc(-c2cccc(Br)c2F)n1. The van der Waals surface area contributed by atoms with Crippen LogP contribution in [0, 0.1) is 5.82 Å². The summed E-state index contributed by atoms with van der Waals surface area (Å²) >= 11 is 3.14. The van der Waals surface area contributed by atoms with Gasteiger partial charge in [-0.1, -0.05) is 6.07 Å². The van der Waals surface area contributed by atoms with Gasteiger partial charge in [-0.05, 0) is 28.1 Å². The van der Waals surface area contributed by atoms with Crippen LogP contribution in [0.1, 0.15) is 5.69 Å². The molecule has 1 heterocycles. The lowest BCUT2D eigenvalue weighted by Gasteiger charge is -2.00. The van der Waals surface area contributed by atoms with Gasteiger partial charge in [-0.2, -0.15) is 0 Å². The molecule has 0 saturated heterocycles. The molecule has 1 aromatic heterocycles. The van der Waals surface area contributed by atoms with E-state index in [1.165, 1.54) is 6.26 Å². The van der Waals surface area contributed by atoms with Crippen molar-refractivity contribution in [1.82, 2.24) is 10.3 Å². The largest absolute Gasteiger partial charge is 0.444 e. The minimum Gasteiger partial charge on any atom is -0.444 e. The Hall–Kier alpha value is -1.24. The Morgan fingerprint density at radius 2 is 2.32 bits per heavy atom. The van der Waals surface area contributed by atoms with Crippen molar-refractivity contribution < 1.29 is 13.5 Å². The van der Waals surface area contributed by atoms with Gasteiger partial charge in [0.15, 0.2) is 0 Å². The number of oxazole rings is 1. The quantitative estimate of drug-likeness (QED) is 0.828. The molecule has 2 rings (SSSR count). The van der Waals surface area contributed by atoms with Crippen LogP contribution in [-0.2, 0) is 11.3 Å². The standard InChI is InChI=1S/C13H14BrFN2O2/c1-18-6-5-16-7-9-8-19-13(17-9)10-3-2-4-11(14)12(10)15/h2-4,8,16H,5-7H2,1H3. The third-order valence-electron chi connectivity index (χ3n) is 2.52. The molecule has 0 fully saturated rings. The molecular weight excluding hydrogens is 315 g/mol. The maximum atomic E-state index is 13.9. The van der Waals surface area contributed by atoms with Crippen molar-refractivity contribution in [2.45, 2.75) is 6.54 Å². The Balaban J connectivity index is 2.06. The molecular formula is C13H14BrFN2O2. The number of benzene rings is 1. The molecule has 19 heavy (non-hydrogen) atoms. The summed E-state index contributed by atoms with van der Waals surface area (Å²) in [5.74, 6) is -0.0921. The smallest absolute Gasteiger partial charge is 0.229 e. The second-order valence-electron chi connectivity index (χ2n) is 3.91. The molecule has 1 N–H and O–H groups in total. The van der Waals surface area contributed by atoms with Gasteiger partial charge >= 0.3 is 0 Å². The molecule has 0 aliphatic carbocycles. The van der Waals surface area contributed by atoms with Crippen molar-refractivity contribution in [2.75, 3.05) is 20.3 Å². The van der Waals surface area contributed by atoms with Gasteiger partial charge in [0.05, 0.1) is 22.3 Å². The van der Waals surface area contributed by atoms with Crippen molar-refractivity contribution in [3.05, 3.63) is 40.4 Å². The van der Waals surface area contributed by atoms with Crippen molar-refractivity contribution in [3.8, 4) is 11.5 Å². The van der Waals surface area contributed by atoms with E-state index in [4.69, 9.17) is 9.15 Å². The second-order valence-corrected chi connectivity index (χ2v) is 4.77. The second kappa shape index (κ2) is 6.79. The maximum absolute atomic E-state index is 13.9. The van der Waals surface area contributed by atoms with E-state index in [0.717, 1.165) is 12.2 Å². The Morgan fingerprint density at radius 3 is 3.11 bits per heavy atom. The summed E-state index contributed by atoms with van der Waals surface area (Å²) in [6.45, 7) is 1.91. The number of nitrogens with one attached hydrogen (secondary N) is 1. The van der Waals surface area contributed by atoms with Crippen molar-refractivity contribution in [2.24, 2.45) is 0 Å². The Morgan fingerprint density at radius 1 is 1.47 bits per heavy atom. The third-order valence-corrected chi connectivity index (χ3v) is 3.14. The number of halogens is 2. The van der Waals surface area contributed by atoms with Crippen LogP contribution in [0.5, 0.6) is 0 Å². The molecule has 0 aliphatic heterocycles. The summed E-state index contributed by atoms with van der Waals surface area (Å²) in [4.78, 5) is 4.25. The molecule has 0 spiro atoms. The number of methoxy groups -OCH3 is 1. The molecule has 1 aromatic carbocycles. The zero-order valence-corrected chi connectivity index (χ0v) is 12.0. The van der Waals surface area contributed by atoms with Crippen molar-refractivity contribution in [1.29, 1.82) is 0 Å². The first-order valence-corrected chi connectivity index (χ1v) is 6.60. The molecule has 0 unspecified atom stereocenters. The summed E-state index contributed by atoms with van der Waals surface area (Å²) < 4.78 is 24.5. The van der Waals surface area contributed by atoms with E-state index in [-0.39, 0.29) is 11.7 Å². The average Bonchev–Trinajstić information content (AvgIpc) is 2.87. The van der Waals surface area contributed by atoms with E-state index in [2.05, 4.69) is 26.2 Å². The fourth-order valence-corrected chi connectivity index (χ4v) is 1.94. The Kier molecular flexibility index (Phi) is 5.07. The van der Waals surface area contributed by atoms with Crippen LogP contribution < -0.4 is 5.32 Å². The van der Waals surface area contributed by atoms with Crippen LogP contribution in [0.3, 0.4) is 0 Å². The highest BCUT2D eigenvalue weighted by molar-refractivity contribution is 9.10. The molecule has 102 valence electrons. The fraction of sp³-hybridized carbons (Fsp3) is 0.308. The minimum absolute atomic E-state index is 0.280. The van der Waals surface area contributed by atoms with E-state index in [0.29, 0.717) is 23.2 Å². The van der Waals surface area contributed by atoms with E-state index in [1.807, 2.05) is 0 Å². The molecule has 0 amide bonds. The lowest BCUT2D eigenvalue weighted by Crippen LogP contribution is -2.18. The number of hydrogen-bond donors (Lipinski definition) is 1. The lowest BCUT2D eigenvalue weighted by atomic mass is 10.2. The predicted molar refractivity (Wildman–Crippen MR) is 73.2 cm³/mol. The van der Waals surface area contributed by atoms with Crippen LogP contribution in [-0.4, -0.2) is 25.2 Å². The highest BCUT2D eigenvalue weighted by Gasteiger charge is 2.13. The van der Waals surface area contributed by atoms with Gasteiger partial charge in [-0.25, -0.2) is 9.37 Å². The molecule has 2 aromatic rings. The summed E-state index contributed by atoms with van der Waals surface area (Å²) in [6, 6.07) is 5.01. The highest BCUT2D eigenvalue weighted by atomic mass is 79.9. The van der Waals surface area contributed by atoms with Crippen LogP contribution >= 0.6 is 15.9 Å². The number of aromatic nitrogens is 1. The van der Waals surface area contributed by atoms with E-state index >= 15 is 0 Å². The first-order valence-electron chi connectivity index (χ1n) is 5.81. The zero-order chi connectivity index (χ0) is 13.7. The van der Waals surface area contributed by atoms with E-state index in [1.54, 1.807) is 25.3 Å². The number of rotatable bonds is 6. The Bertz CT molecular complexity index is 545. The first kappa shape index (κ1) is 14.2. The van der Waals surface area contributed by atoms with Gasteiger partial charge in [-0.3, -0.25) is 0 Å². The monoisotopic (exact) mass is 328 g/mol. The molecule has 4 nitrogen and oxygen atoms in total. The van der Waals surface area contributed by atoms with Gasteiger partial charge in [-0.15, -0.1) is 0 Å². The van der Waals surface area contributed by atoms with Crippen molar-refractivity contribution in [3.63, 3.8) is 0 Å². The molecule has 0 radical (unpaired) electrons. The molecule has 0 atom stereocenters. The number of nitrogens with zero attached hydrogens (tertiary/aromatic N) is 1. The summed E-state index contributed by atoms with van der Waals surface area (Å²) in [6.07, 6.45) is 1.52. The van der Waals surface area contributed by atoms with Crippen LogP contribution in [0.25, 0.3) is 11.5 Å². The van der Waals surface area contributed by atoms with Crippen LogP contribution in [0.2, 0.25) is 0 Å². The van der Waals surface area contributed by atoms with Crippen LogP contribution in [0.15, 0.2) is 33.4 Å². The highest BCUT2D eigenvalue weighted by Crippen LogP contribution is 2.27. The predicted octanol–water partition coefficient (Wildman–Crippen LogP) is 2.98. The Labute approximate surface area is 119 Å². The van der Waals surface area contributed by atoms with E-state index < -0.39 is 0 Å². The van der Waals surface area contributed by atoms with Gasteiger partial charge in [0, 0.05) is 20.2 Å². The maximum Gasteiger partial charge on any atom is 0.229 e. The van der Waals surface area contributed by atoms with Crippen molar-refractivity contribution >= 4 is 15.9 Å². The molecule has 6 heteroatoms. The average molecular weight is 329 g/mol. The van der Waals surface area contributed by atoms with Gasteiger partial charge < -0.3 is 14.5 Å². The molecule has 0 bridgehead atoms. The first-order chi connectivity index (χ1) is 9.22. The summed E-state index contributed by atoms with van der Waals surface area (Å²) in [7, 11) is 1.64. The van der Waals surface area contributed by atoms with Gasteiger partial charge in [0.25, 0.3) is 0 Å². The lowest BCUT2D eigenvalue weighted by molar-refractivity contribution is 0.199. The zero-order valence-electron chi connectivity index (χ0n) is 10.5. The number of ether oxygens (including phenoxy) is 1. The topological polar surface area (TPSA) is 47.3 Å². The molecule has 0 saturated carbocycles. The van der Waals surface area contributed by atoms with Gasteiger partial charge in [0.1, 0.15) is 12.1 Å². The van der Waals surface area contributed by atoms with E-state index in [9.17, 15) is 4.39 Å².